The monoisotopic (exact) mass is 221 g/mol. The van der Waals surface area contributed by atoms with Crippen LogP contribution in [0.3, 0.4) is 0 Å². The molecule has 0 radical (unpaired) electrons. The Morgan fingerprint density at radius 1 is 1.62 bits per heavy atom. The fourth-order valence-corrected chi connectivity index (χ4v) is 2.44. The van der Waals surface area contributed by atoms with Crippen molar-refractivity contribution >= 4 is 0 Å². The predicted molar refractivity (Wildman–Crippen MR) is 62.1 cm³/mol. The first kappa shape index (κ1) is 11.6. The fraction of sp³-hybridized carbons (Fsp3) is 0.615. The van der Waals surface area contributed by atoms with Crippen molar-refractivity contribution in [1.29, 1.82) is 0 Å². The number of aromatic nitrogens is 1. The first-order valence-electron chi connectivity index (χ1n) is 6.00. The Balaban J connectivity index is 1.95. The lowest BCUT2D eigenvalue weighted by atomic mass is 9.90. The van der Waals surface area contributed by atoms with Crippen molar-refractivity contribution in [2.24, 2.45) is 5.92 Å². The summed E-state index contributed by atoms with van der Waals surface area (Å²) in [6.07, 6.45) is 6.12. The first-order chi connectivity index (χ1) is 7.81. The van der Waals surface area contributed by atoms with Crippen LogP contribution in [0.4, 0.5) is 0 Å². The van der Waals surface area contributed by atoms with Gasteiger partial charge in [-0.05, 0) is 24.5 Å². The van der Waals surface area contributed by atoms with E-state index in [-0.39, 0.29) is 18.1 Å². The van der Waals surface area contributed by atoms with Gasteiger partial charge in [-0.25, -0.2) is 0 Å². The largest absolute Gasteiger partial charge is 0.392 e. The van der Waals surface area contributed by atoms with Gasteiger partial charge in [0.15, 0.2) is 0 Å². The minimum Gasteiger partial charge on any atom is -0.392 e. The van der Waals surface area contributed by atoms with E-state index in [9.17, 15) is 5.11 Å². The summed E-state index contributed by atoms with van der Waals surface area (Å²) in [5.41, 5.74) is 1.09. The van der Waals surface area contributed by atoms with E-state index in [1.165, 1.54) is 0 Å². The van der Waals surface area contributed by atoms with E-state index in [0.717, 1.165) is 25.0 Å². The van der Waals surface area contributed by atoms with Gasteiger partial charge in [-0.15, -0.1) is 0 Å². The van der Waals surface area contributed by atoms with Crippen molar-refractivity contribution in [3.05, 3.63) is 30.1 Å². The Morgan fingerprint density at radius 2 is 2.50 bits per heavy atom. The summed E-state index contributed by atoms with van der Waals surface area (Å²) in [7, 11) is 0. The zero-order valence-corrected chi connectivity index (χ0v) is 9.67. The molecule has 2 rings (SSSR count). The minimum atomic E-state index is -0.309. The fourth-order valence-electron chi connectivity index (χ4n) is 2.44. The summed E-state index contributed by atoms with van der Waals surface area (Å²) in [5, 5.41) is 10.2. The van der Waals surface area contributed by atoms with E-state index >= 15 is 0 Å². The third-order valence-electron chi connectivity index (χ3n) is 3.32. The highest BCUT2D eigenvalue weighted by Crippen LogP contribution is 2.27. The molecule has 0 aromatic carbocycles. The smallest absolute Gasteiger partial charge is 0.0634 e. The summed E-state index contributed by atoms with van der Waals surface area (Å²) in [6, 6.07) is 3.91. The quantitative estimate of drug-likeness (QED) is 0.843. The summed E-state index contributed by atoms with van der Waals surface area (Å²) in [4.78, 5) is 4.06. The number of aliphatic hydroxyl groups is 1. The molecule has 0 amide bonds. The van der Waals surface area contributed by atoms with Gasteiger partial charge in [-0.2, -0.15) is 0 Å². The maximum Gasteiger partial charge on any atom is 0.0634 e. The number of ether oxygens (including phenoxy) is 1. The van der Waals surface area contributed by atoms with E-state index in [1.807, 2.05) is 18.3 Å². The topological polar surface area (TPSA) is 42.4 Å². The maximum absolute atomic E-state index is 10.2. The van der Waals surface area contributed by atoms with E-state index < -0.39 is 0 Å². The Labute approximate surface area is 96.5 Å². The molecule has 0 saturated carbocycles. The van der Waals surface area contributed by atoms with Gasteiger partial charge in [0, 0.05) is 31.3 Å². The van der Waals surface area contributed by atoms with Crippen molar-refractivity contribution in [3.8, 4) is 0 Å². The summed E-state index contributed by atoms with van der Waals surface area (Å²) in [5.74, 6) is 0.283. The Hall–Kier alpha value is -0.930. The molecule has 2 heterocycles. The molecular weight excluding hydrogens is 202 g/mol. The SMILES string of the molecule is CCC1OCCC1C(O)Cc1cccnc1. The van der Waals surface area contributed by atoms with Crippen LogP contribution in [0.2, 0.25) is 0 Å². The highest BCUT2D eigenvalue weighted by Gasteiger charge is 2.32. The molecule has 3 nitrogen and oxygen atoms in total. The van der Waals surface area contributed by atoms with Crippen molar-refractivity contribution < 1.29 is 9.84 Å². The van der Waals surface area contributed by atoms with Crippen LogP contribution in [0.1, 0.15) is 25.3 Å². The molecule has 1 fully saturated rings. The van der Waals surface area contributed by atoms with E-state index in [1.54, 1.807) is 6.20 Å². The van der Waals surface area contributed by atoms with Crippen LogP contribution < -0.4 is 0 Å². The van der Waals surface area contributed by atoms with Gasteiger partial charge in [-0.1, -0.05) is 13.0 Å². The van der Waals surface area contributed by atoms with Crippen LogP contribution in [-0.4, -0.2) is 28.9 Å². The average Bonchev–Trinajstić information content (AvgIpc) is 2.78. The second-order valence-electron chi connectivity index (χ2n) is 4.40. The van der Waals surface area contributed by atoms with Gasteiger partial charge in [-0.3, -0.25) is 4.98 Å². The number of aliphatic hydroxyl groups excluding tert-OH is 1. The van der Waals surface area contributed by atoms with Gasteiger partial charge >= 0.3 is 0 Å². The lowest BCUT2D eigenvalue weighted by molar-refractivity contribution is 0.0317. The Kier molecular flexibility index (Phi) is 3.91. The number of rotatable bonds is 4. The molecule has 3 atom stereocenters. The number of pyridine rings is 1. The molecule has 1 aliphatic rings. The highest BCUT2D eigenvalue weighted by atomic mass is 16.5. The zero-order chi connectivity index (χ0) is 11.4. The molecule has 1 aromatic heterocycles. The molecule has 1 aliphatic heterocycles. The Morgan fingerprint density at radius 3 is 3.19 bits per heavy atom. The summed E-state index contributed by atoms with van der Waals surface area (Å²) in [6.45, 7) is 2.90. The number of hydrogen-bond donors (Lipinski definition) is 1. The molecule has 1 N–H and O–H groups in total. The van der Waals surface area contributed by atoms with Gasteiger partial charge in [0.2, 0.25) is 0 Å². The normalized spacial score (nSPS) is 26.9. The van der Waals surface area contributed by atoms with Crippen molar-refractivity contribution in [1.82, 2.24) is 4.98 Å². The van der Waals surface area contributed by atoms with Crippen LogP contribution in [0.25, 0.3) is 0 Å². The highest BCUT2D eigenvalue weighted by molar-refractivity contribution is 5.10. The molecule has 3 unspecified atom stereocenters. The molecule has 3 heteroatoms. The second-order valence-corrected chi connectivity index (χ2v) is 4.40. The minimum absolute atomic E-state index is 0.228. The maximum atomic E-state index is 10.2. The van der Waals surface area contributed by atoms with Gasteiger partial charge in [0.05, 0.1) is 12.2 Å². The lowest BCUT2D eigenvalue weighted by Crippen LogP contribution is -2.29. The van der Waals surface area contributed by atoms with Crippen molar-refractivity contribution in [3.63, 3.8) is 0 Å². The van der Waals surface area contributed by atoms with Crippen LogP contribution in [0, 0.1) is 5.92 Å². The van der Waals surface area contributed by atoms with Crippen LogP contribution in [0.15, 0.2) is 24.5 Å². The number of nitrogens with zero attached hydrogens (tertiary/aromatic N) is 1. The van der Waals surface area contributed by atoms with Crippen LogP contribution in [-0.2, 0) is 11.2 Å². The van der Waals surface area contributed by atoms with E-state index in [4.69, 9.17) is 4.74 Å². The third kappa shape index (κ3) is 2.60. The van der Waals surface area contributed by atoms with E-state index in [2.05, 4.69) is 11.9 Å². The first-order valence-corrected chi connectivity index (χ1v) is 6.00. The molecular formula is C13H19NO2. The van der Waals surface area contributed by atoms with Gasteiger partial charge in [0.1, 0.15) is 0 Å². The average molecular weight is 221 g/mol. The number of hydrogen-bond acceptors (Lipinski definition) is 3. The van der Waals surface area contributed by atoms with Gasteiger partial charge < -0.3 is 9.84 Å². The molecule has 1 aromatic rings. The van der Waals surface area contributed by atoms with Crippen molar-refractivity contribution in [2.75, 3.05) is 6.61 Å². The van der Waals surface area contributed by atoms with Crippen molar-refractivity contribution in [2.45, 2.75) is 38.4 Å². The second kappa shape index (κ2) is 5.41. The summed E-state index contributed by atoms with van der Waals surface area (Å²) < 4.78 is 5.60. The molecule has 0 aliphatic carbocycles. The molecule has 1 saturated heterocycles. The predicted octanol–water partition coefficient (Wildman–Crippen LogP) is 1.80. The van der Waals surface area contributed by atoms with Crippen LogP contribution in [0.5, 0.6) is 0 Å². The standard InChI is InChI=1S/C13H19NO2/c1-2-13-11(5-7-16-13)12(15)8-10-4-3-6-14-9-10/h3-4,6,9,11-13,15H,2,5,7-8H2,1H3. The van der Waals surface area contributed by atoms with Gasteiger partial charge in [0.25, 0.3) is 0 Å². The summed E-state index contributed by atoms with van der Waals surface area (Å²) >= 11 is 0. The van der Waals surface area contributed by atoms with Crippen LogP contribution >= 0.6 is 0 Å². The lowest BCUT2D eigenvalue weighted by Gasteiger charge is -2.22. The third-order valence-corrected chi connectivity index (χ3v) is 3.32. The Bertz CT molecular complexity index is 315. The molecule has 0 spiro atoms. The molecule has 0 bridgehead atoms. The van der Waals surface area contributed by atoms with E-state index in [0.29, 0.717) is 6.42 Å². The zero-order valence-electron chi connectivity index (χ0n) is 9.67. The molecule has 16 heavy (non-hydrogen) atoms. The molecule has 88 valence electrons.